The standard InChI is InChI=1S/C13H17ClN2O3/c1-13(8-17)6-2-3-12(13)15-11-5-4-9(16(18)19)7-10(11)14/h4-5,7,12,15,17H,2-3,6,8H2,1H3/t12-,13+/m1/s1. The molecule has 2 atom stereocenters. The molecular formula is C13H17ClN2O3. The minimum absolute atomic E-state index is 0.0214. The predicted octanol–water partition coefficient (Wildman–Crippen LogP) is 3.21. The summed E-state index contributed by atoms with van der Waals surface area (Å²) in [7, 11) is 0. The molecule has 104 valence electrons. The lowest BCUT2D eigenvalue weighted by Crippen LogP contribution is -2.36. The second-order valence-corrected chi connectivity index (χ2v) is 5.73. The lowest BCUT2D eigenvalue weighted by Gasteiger charge is -2.31. The summed E-state index contributed by atoms with van der Waals surface area (Å²) in [5.41, 5.74) is 0.496. The van der Waals surface area contributed by atoms with Gasteiger partial charge >= 0.3 is 0 Å². The summed E-state index contributed by atoms with van der Waals surface area (Å²) in [5.74, 6) is 0. The van der Waals surface area contributed by atoms with Crippen molar-refractivity contribution < 1.29 is 10.0 Å². The Morgan fingerprint density at radius 3 is 2.95 bits per heavy atom. The summed E-state index contributed by atoms with van der Waals surface area (Å²) in [5, 5.41) is 23.8. The molecule has 5 nitrogen and oxygen atoms in total. The molecule has 2 rings (SSSR count). The molecule has 0 aliphatic heterocycles. The summed E-state index contributed by atoms with van der Waals surface area (Å²) in [6.07, 6.45) is 2.98. The fourth-order valence-corrected chi connectivity index (χ4v) is 2.82. The molecule has 0 unspecified atom stereocenters. The number of nitrogens with one attached hydrogen (secondary N) is 1. The SMILES string of the molecule is C[C@@]1(CO)CCC[C@H]1Nc1ccc([N+](=O)[O-])cc1Cl. The van der Waals surface area contributed by atoms with Crippen molar-refractivity contribution in [2.24, 2.45) is 5.41 Å². The first-order valence-electron chi connectivity index (χ1n) is 6.27. The van der Waals surface area contributed by atoms with Crippen LogP contribution in [0.5, 0.6) is 0 Å². The van der Waals surface area contributed by atoms with E-state index in [1.807, 2.05) is 6.92 Å². The van der Waals surface area contributed by atoms with Crippen molar-refractivity contribution in [2.75, 3.05) is 11.9 Å². The molecule has 0 saturated heterocycles. The Morgan fingerprint density at radius 1 is 1.63 bits per heavy atom. The van der Waals surface area contributed by atoms with E-state index in [0.717, 1.165) is 19.3 Å². The maximum atomic E-state index is 10.7. The number of nitro benzene ring substituents is 1. The maximum Gasteiger partial charge on any atom is 0.271 e. The summed E-state index contributed by atoms with van der Waals surface area (Å²) < 4.78 is 0. The van der Waals surface area contributed by atoms with Crippen LogP contribution in [-0.2, 0) is 0 Å². The second kappa shape index (κ2) is 5.35. The molecule has 1 saturated carbocycles. The van der Waals surface area contributed by atoms with Crippen molar-refractivity contribution in [3.63, 3.8) is 0 Å². The fourth-order valence-electron chi connectivity index (χ4n) is 2.59. The molecule has 1 aromatic carbocycles. The zero-order chi connectivity index (χ0) is 14.0. The van der Waals surface area contributed by atoms with Gasteiger partial charge in [0.05, 0.1) is 22.2 Å². The fraction of sp³-hybridized carbons (Fsp3) is 0.538. The van der Waals surface area contributed by atoms with E-state index in [2.05, 4.69) is 5.32 Å². The van der Waals surface area contributed by atoms with Crippen LogP contribution in [0.3, 0.4) is 0 Å². The number of non-ortho nitro benzene ring substituents is 1. The molecule has 19 heavy (non-hydrogen) atoms. The maximum absolute atomic E-state index is 10.7. The van der Waals surface area contributed by atoms with E-state index in [1.165, 1.54) is 12.1 Å². The average molecular weight is 285 g/mol. The van der Waals surface area contributed by atoms with Gasteiger partial charge in [-0.25, -0.2) is 0 Å². The number of hydrogen-bond acceptors (Lipinski definition) is 4. The summed E-state index contributed by atoms with van der Waals surface area (Å²) in [6, 6.07) is 4.53. The highest BCUT2D eigenvalue weighted by Gasteiger charge is 2.38. The van der Waals surface area contributed by atoms with Gasteiger partial charge in [-0.15, -0.1) is 0 Å². The van der Waals surface area contributed by atoms with Crippen LogP contribution >= 0.6 is 11.6 Å². The summed E-state index contributed by atoms with van der Waals surface area (Å²) >= 11 is 6.06. The largest absolute Gasteiger partial charge is 0.396 e. The third kappa shape index (κ3) is 2.82. The number of rotatable bonds is 4. The van der Waals surface area contributed by atoms with Crippen LogP contribution in [0.2, 0.25) is 5.02 Å². The number of nitrogens with zero attached hydrogens (tertiary/aromatic N) is 1. The Hall–Kier alpha value is -1.33. The van der Waals surface area contributed by atoms with Crippen molar-refractivity contribution in [2.45, 2.75) is 32.2 Å². The van der Waals surface area contributed by atoms with Crippen molar-refractivity contribution in [1.82, 2.24) is 0 Å². The molecule has 0 radical (unpaired) electrons. The molecule has 2 N–H and O–H groups in total. The zero-order valence-corrected chi connectivity index (χ0v) is 11.5. The van der Waals surface area contributed by atoms with Crippen LogP contribution < -0.4 is 5.32 Å². The molecule has 0 aromatic heterocycles. The molecule has 1 fully saturated rings. The lowest BCUT2D eigenvalue weighted by atomic mass is 9.85. The van der Waals surface area contributed by atoms with Crippen molar-refractivity contribution in [3.8, 4) is 0 Å². The van der Waals surface area contributed by atoms with Gasteiger partial charge in [-0.2, -0.15) is 0 Å². The van der Waals surface area contributed by atoms with E-state index in [0.29, 0.717) is 10.7 Å². The third-order valence-corrected chi connectivity index (χ3v) is 4.25. The number of hydrogen-bond donors (Lipinski definition) is 2. The van der Waals surface area contributed by atoms with Crippen molar-refractivity contribution >= 4 is 23.0 Å². The normalized spacial score (nSPS) is 26.4. The molecule has 1 aliphatic carbocycles. The van der Waals surface area contributed by atoms with Gasteiger partial charge in [-0.1, -0.05) is 24.9 Å². The third-order valence-electron chi connectivity index (χ3n) is 3.94. The number of benzene rings is 1. The molecule has 0 amide bonds. The van der Waals surface area contributed by atoms with Crippen LogP contribution in [0.4, 0.5) is 11.4 Å². The minimum atomic E-state index is -0.469. The molecule has 1 aromatic rings. The molecule has 1 aliphatic rings. The number of anilines is 1. The first kappa shape index (κ1) is 14.1. The number of halogens is 1. The highest BCUT2D eigenvalue weighted by Crippen LogP contribution is 2.40. The van der Waals surface area contributed by atoms with E-state index >= 15 is 0 Å². The van der Waals surface area contributed by atoms with Crippen LogP contribution in [0.25, 0.3) is 0 Å². The van der Waals surface area contributed by atoms with E-state index < -0.39 is 4.92 Å². The van der Waals surface area contributed by atoms with Gasteiger partial charge in [-0.05, 0) is 18.9 Å². The number of nitro groups is 1. The molecule has 0 heterocycles. The minimum Gasteiger partial charge on any atom is -0.396 e. The highest BCUT2D eigenvalue weighted by atomic mass is 35.5. The molecule has 0 spiro atoms. The topological polar surface area (TPSA) is 75.4 Å². The Labute approximate surface area is 116 Å². The van der Waals surface area contributed by atoms with Gasteiger partial charge < -0.3 is 10.4 Å². The molecular weight excluding hydrogens is 268 g/mol. The van der Waals surface area contributed by atoms with Gasteiger partial charge in [0.15, 0.2) is 0 Å². The van der Waals surface area contributed by atoms with Crippen molar-refractivity contribution in [3.05, 3.63) is 33.3 Å². The Kier molecular flexibility index (Phi) is 3.96. The summed E-state index contributed by atoms with van der Waals surface area (Å²) in [4.78, 5) is 10.2. The second-order valence-electron chi connectivity index (χ2n) is 5.32. The van der Waals surface area contributed by atoms with Crippen LogP contribution in [0.1, 0.15) is 26.2 Å². The van der Waals surface area contributed by atoms with E-state index in [-0.39, 0.29) is 23.8 Å². The first-order chi connectivity index (χ1) is 8.96. The zero-order valence-electron chi connectivity index (χ0n) is 10.7. The summed E-state index contributed by atoms with van der Waals surface area (Å²) in [6.45, 7) is 2.16. The van der Waals surface area contributed by atoms with E-state index in [9.17, 15) is 15.2 Å². The Morgan fingerprint density at radius 2 is 2.37 bits per heavy atom. The number of aliphatic hydroxyl groups excluding tert-OH is 1. The van der Waals surface area contributed by atoms with Crippen molar-refractivity contribution in [1.29, 1.82) is 0 Å². The van der Waals surface area contributed by atoms with Gasteiger partial charge in [-0.3, -0.25) is 10.1 Å². The van der Waals surface area contributed by atoms with Gasteiger partial charge in [0.2, 0.25) is 0 Å². The molecule has 6 heteroatoms. The van der Waals surface area contributed by atoms with Crippen LogP contribution in [0.15, 0.2) is 18.2 Å². The van der Waals surface area contributed by atoms with Gasteiger partial charge in [0.25, 0.3) is 5.69 Å². The van der Waals surface area contributed by atoms with Crippen LogP contribution in [0, 0.1) is 15.5 Å². The monoisotopic (exact) mass is 284 g/mol. The Bertz CT molecular complexity index is 495. The van der Waals surface area contributed by atoms with Gasteiger partial charge in [0.1, 0.15) is 0 Å². The van der Waals surface area contributed by atoms with E-state index in [4.69, 9.17) is 11.6 Å². The Balaban J connectivity index is 2.18. The van der Waals surface area contributed by atoms with E-state index in [1.54, 1.807) is 6.07 Å². The highest BCUT2D eigenvalue weighted by molar-refractivity contribution is 6.33. The quantitative estimate of drug-likeness (QED) is 0.657. The lowest BCUT2D eigenvalue weighted by molar-refractivity contribution is -0.384. The smallest absolute Gasteiger partial charge is 0.271 e. The number of aliphatic hydroxyl groups is 1. The predicted molar refractivity (Wildman–Crippen MR) is 74.6 cm³/mol. The molecule has 0 bridgehead atoms. The van der Waals surface area contributed by atoms with Crippen LogP contribution in [-0.4, -0.2) is 22.7 Å². The van der Waals surface area contributed by atoms with Gasteiger partial charge in [0, 0.05) is 23.6 Å². The first-order valence-corrected chi connectivity index (χ1v) is 6.65. The average Bonchev–Trinajstić information content (AvgIpc) is 2.74.